The van der Waals surface area contributed by atoms with Crippen LogP contribution in [0, 0.1) is 0 Å². The summed E-state index contributed by atoms with van der Waals surface area (Å²) in [5, 5.41) is 0.306. The summed E-state index contributed by atoms with van der Waals surface area (Å²) in [4.78, 5) is 0. The first-order valence-corrected chi connectivity index (χ1v) is 9.84. The molecule has 0 fully saturated rings. The maximum Gasteiger partial charge on any atom is 0.423 e. The van der Waals surface area contributed by atoms with Gasteiger partial charge in [-0.05, 0) is 25.3 Å². The first-order chi connectivity index (χ1) is 13.8. The van der Waals surface area contributed by atoms with Gasteiger partial charge >= 0.3 is 12.4 Å². The minimum Gasteiger partial charge on any atom is -0.490 e. The van der Waals surface area contributed by atoms with Gasteiger partial charge in [-0.1, -0.05) is 46.4 Å². The lowest BCUT2D eigenvalue weighted by Crippen LogP contribution is -2.44. The van der Waals surface area contributed by atoms with Crippen LogP contribution in [0.1, 0.15) is 19.3 Å². The second-order valence-corrected chi connectivity index (χ2v) is 7.59. The third kappa shape index (κ3) is 10.0. The molecule has 1 aromatic rings. The molecule has 1 aromatic carbocycles. The van der Waals surface area contributed by atoms with Crippen LogP contribution in [0.5, 0.6) is 11.5 Å². The molecule has 172 valence electrons. The van der Waals surface area contributed by atoms with Crippen molar-refractivity contribution in [3.05, 3.63) is 32.7 Å². The number of halogens is 10. The summed E-state index contributed by atoms with van der Waals surface area (Å²) in [7, 11) is 0. The second-order valence-electron chi connectivity index (χ2n) is 5.76. The SMILES string of the molecule is FC(F)(F)C(OCCCCCOc1c(Cl)cc(OCC=C(Cl)Cl)cc1Cl)C(F)(F)F. The van der Waals surface area contributed by atoms with E-state index in [-0.39, 0.29) is 46.3 Å². The van der Waals surface area contributed by atoms with Crippen molar-refractivity contribution in [1.29, 1.82) is 0 Å². The summed E-state index contributed by atoms with van der Waals surface area (Å²) < 4.78 is 88.7. The molecule has 0 saturated heterocycles. The minimum absolute atomic E-state index is 0.0170. The number of hydrogen-bond donors (Lipinski definition) is 0. The monoisotopic (exact) mass is 522 g/mol. The van der Waals surface area contributed by atoms with Crippen molar-refractivity contribution < 1.29 is 40.6 Å². The van der Waals surface area contributed by atoms with E-state index in [2.05, 4.69) is 4.74 Å². The van der Waals surface area contributed by atoms with E-state index < -0.39 is 25.1 Å². The van der Waals surface area contributed by atoms with Crippen molar-refractivity contribution in [1.82, 2.24) is 0 Å². The van der Waals surface area contributed by atoms with Crippen molar-refractivity contribution in [2.45, 2.75) is 37.7 Å². The van der Waals surface area contributed by atoms with Crippen molar-refractivity contribution >= 4 is 46.4 Å². The number of rotatable bonds is 11. The van der Waals surface area contributed by atoms with E-state index in [9.17, 15) is 26.3 Å². The van der Waals surface area contributed by atoms with Crippen molar-refractivity contribution in [2.75, 3.05) is 19.8 Å². The molecule has 0 aliphatic rings. The van der Waals surface area contributed by atoms with Gasteiger partial charge in [-0.15, -0.1) is 0 Å². The van der Waals surface area contributed by atoms with E-state index >= 15 is 0 Å². The van der Waals surface area contributed by atoms with E-state index in [4.69, 9.17) is 55.9 Å². The van der Waals surface area contributed by atoms with Crippen LogP contribution in [0.25, 0.3) is 0 Å². The molecule has 3 nitrogen and oxygen atoms in total. The number of alkyl halides is 6. The quantitative estimate of drug-likeness (QED) is 0.219. The van der Waals surface area contributed by atoms with Gasteiger partial charge in [0.2, 0.25) is 6.10 Å². The number of ether oxygens (including phenoxy) is 3. The van der Waals surface area contributed by atoms with Gasteiger partial charge in [0.05, 0.1) is 16.7 Å². The Kier molecular flexibility index (Phi) is 11.2. The van der Waals surface area contributed by atoms with Gasteiger partial charge in [-0.25, -0.2) is 0 Å². The lowest BCUT2D eigenvalue weighted by Gasteiger charge is -2.23. The minimum atomic E-state index is -5.52. The largest absolute Gasteiger partial charge is 0.490 e. The molecule has 0 unspecified atom stereocenters. The molecule has 0 amide bonds. The molecule has 0 atom stereocenters. The number of unbranched alkanes of at least 4 members (excludes halogenated alkanes) is 2. The molecule has 0 N–H and O–H groups in total. The van der Waals surface area contributed by atoms with Crippen LogP contribution in [0.4, 0.5) is 26.3 Å². The zero-order valence-electron chi connectivity index (χ0n) is 15.1. The topological polar surface area (TPSA) is 27.7 Å². The Morgan fingerprint density at radius 3 is 1.90 bits per heavy atom. The van der Waals surface area contributed by atoms with Crippen LogP contribution >= 0.6 is 46.4 Å². The highest BCUT2D eigenvalue weighted by molar-refractivity contribution is 6.55. The Balaban J connectivity index is 2.40. The molecule has 0 aliphatic carbocycles. The smallest absolute Gasteiger partial charge is 0.423 e. The van der Waals surface area contributed by atoms with Crippen molar-refractivity contribution in [3.8, 4) is 11.5 Å². The molecule has 0 aliphatic heterocycles. The highest BCUT2D eigenvalue weighted by Crippen LogP contribution is 2.37. The van der Waals surface area contributed by atoms with Gasteiger partial charge in [-0.2, -0.15) is 26.3 Å². The lowest BCUT2D eigenvalue weighted by atomic mass is 10.2. The third-order valence-corrected chi connectivity index (χ3v) is 4.24. The predicted molar refractivity (Wildman–Crippen MR) is 103 cm³/mol. The number of hydrogen-bond acceptors (Lipinski definition) is 3. The van der Waals surface area contributed by atoms with Crippen LogP contribution in [0.2, 0.25) is 10.0 Å². The fourth-order valence-corrected chi connectivity index (χ4v) is 2.79. The molecule has 30 heavy (non-hydrogen) atoms. The summed E-state index contributed by atoms with van der Waals surface area (Å²) in [6.45, 7) is -0.523. The summed E-state index contributed by atoms with van der Waals surface area (Å²) >= 11 is 23.1. The standard InChI is InChI=1S/C17H16Cl4F6O3/c18-11-8-10(28-7-4-13(20)21)9-12(19)14(11)29-5-2-1-3-6-30-15(16(22,23)24)17(25,26)27/h4,8-9,15H,1-3,5-7H2. The molecule has 0 heterocycles. The zero-order valence-corrected chi connectivity index (χ0v) is 18.1. The maximum absolute atomic E-state index is 12.3. The van der Waals surface area contributed by atoms with Crippen LogP contribution < -0.4 is 9.47 Å². The first kappa shape index (κ1) is 27.3. The summed E-state index contributed by atoms with van der Waals surface area (Å²) in [6.07, 6.45) is -12.8. The van der Waals surface area contributed by atoms with E-state index in [0.29, 0.717) is 12.2 Å². The average Bonchev–Trinajstić information content (AvgIpc) is 2.56. The van der Waals surface area contributed by atoms with Crippen LogP contribution in [-0.4, -0.2) is 38.3 Å². The normalized spacial score (nSPS) is 12.2. The fraction of sp³-hybridized carbons (Fsp3) is 0.529. The van der Waals surface area contributed by atoms with E-state index in [1.807, 2.05) is 0 Å². The summed E-state index contributed by atoms with van der Waals surface area (Å²) in [5.41, 5.74) is 0. The fourth-order valence-electron chi connectivity index (χ4n) is 2.09. The summed E-state index contributed by atoms with van der Waals surface area (Å²) in [6, 6.07) is 2.89. The molecular weight excluding hydrogens is 508 g/mol. The highest BCUT2D eigenvalue weighted by Gasteiger charge is 2.57. The van der Waals surface area contributed by atoms with Crippen molar-refractivity contribution in [2.24, 2.45) is 0 Å². The Hall–Kier alpha value is -0.740. The van der Waals surface area contributed by atoms with Gasteiger partial charge < -0.3 is 14.2 Å². The average molecular weight is 524 g/mol. The highest BCUT2D eigenvalue weighted by atomic mass is 35.5. The maximum atomic E-state index is 12.3. The van der Waals surface area contributed by atoms with Crippen LogP contribution in [0.3, 0.4) is 0 Å². The Bertz CT molecular complexity index is 669. The zero-order chi connectivity index (χ0) is 22.9. The predicted octanol–water partition coefficient (Wildman–Crippen LogP) is 7.75. The van der Waals surface area contributed by atoms with Gasteiger partial charge in [0, 0.05) is 18.7 Å². The van der Waals surface area contributed by atoms with E-state index in [1.54, 1.807) is 0 Å². The molecule has 0 bridgehead atoms. The Morgan fingerprint density at radius 2 is 1.40 bits per heavy atom. The van der Waals surface area contributed by atoms with E-state index in [1.165, 1.54) is 18.2 Å². The first-order valence-electron chi connectivity index (χ1n) is 8.33. The van der Waals surface area contributed by atoms with Crippen LogP contribution in [-0.2, 0) is 4.74 Å². The molecule has 1 rings (SSSR count). The molecular formula is C17H16Cl4F6O3. The molecule has 0 saturated carbocycles. The van der Waals surface area contributed by atoms with Crippen molar-refractivity contribution in [3.63, 3.8) is 0 Å². The second kappa shape index (κ2) is 12.3. The van der Waals surface area contributed by atoms with E-state index in [0.717, 1.165) is 0 Å². The Labute approximate surface area is 188 Å². The lowest BCUT2D eigenvalue weighted by molar-refractivity contribution is -0.321. The van der Waals surface area contributed by atoms with Crippen LogP contribution in [0.15, 0.2) is 22.7 Å². The summed E-state index contributed by atoms with van der Waals surface area (Å²) in [5.74, 6) is 0.506. The molecule has 13 heteroatoms. The number of benzene rings is 1. The van der Waals surface area contributed by atoms with Gasteiger partial charge in [0.1, 0.15) is 16.8 Å². The Morgan fingerprint density at radius 1 is 0.867 bits per heavy atom. The molecule has 0 radical (unpaired) electrons. The van der Waals surface area contributed by atoms with Gasteiger partial charge in [0.15, 0.2) is 5.75 Å². The third-order valence-electron chi connectivity index (χ3n) is 3.37. The van der Waals surface area contributed by atoms with Gasteiger partial charge in [0.25, 0.3) is 0 Å². The molecule has 0 aromatic heterocycles. The molecule has 0 spiro atoms. The van der Waals surface area contributed by atoms with Gasteiger partial charge in [-0.3, -0.25) is 0 Å².